The van der Waals surface area contributed by atoms with E-state index < -0.39 is 10.0 Å². The van der Waals surface area contributed by atoms with E-state index in [4.69, 9.17) is 4.98 Å². The lowest BCUT2D eigenvalue weighted by Gasteiger charge is -2.11. The summed E-state index contributed by atoms with van der Waals surface area (Å²) in [5.41, 5.74) is 3.93. The minimum atomic E-state index is -3.70. The fourth-order valence-electron chi connectivity index (χ4n) is 3.67. The van der Waals surface area contributed by atoms with Crippen molar-refractivity contribution in [3.63, 3.8) is 0 Å². The van der Waals surface area contributed by atoms with Crippen molar-refractivity contribution in [2.75, 3.05) is 10.0 Å². The van der Waals surface area contributed by atoms with Gasteiger partial charge in [-0.15, -0.1) is 11.3 Å². The second-order valence-electron chi connectivity index (χ2n) is 8.00. The van der Waals surface area contributed by atoms with Crippen molar-refractivity contribution in [3.8, 4) is 10.6 Å². The highest BCUT2D eigenvalue weighted by Crippen LogP contribution is 2.28. The highest BCUT2D eigenvalue weighted by atomic mass is 32.2. The first-order valence-corrected chi connectivity index (χ1v) is 13.2. The SMILES string of the molecule is Cc1ccc(S(=O)(=O)Nc2ccc(NC(=O)c3cc(-c4cccs4)nc4ccccc34)cc2)cc1. The number of nitrogens with zero attached hydrogens (tertiary/aromatic N) is 1. The van der Waals surface area contributed by atoms with Crippen LogP contribution >= 0.6 is 11.3 Å². The molecule has 174 valence electrons. The molecule has 0 aliphatic carbocycles. The van der Waals surface area contributed by atoms with Crippen LogP contribution in [0, 0.1) is 6.92 Å². The Morgan fingerprint density at radius 3 is 2.29 bits per heavy atom. The molecule has 2 aromatic heterocycles. The molecule has 1 amide bonds. The standard InChI is InChI=1S/C27H21N3O3S2/c1-18-8-14-21(15-9-18)35(32,33)30-20-12-10-19(11-13-20)28-27(31)23-17-25(26-7-4-16-34-26)29-24-6-3-2-5-22(23)24/h2-17,30H,1H3,(H,28,31). The number of nitrogens with one attached hydrogen (secondary N) is 2. The molecule has 0 fully saturated rings. The van der Waals surface area contributed by atoms with Gasteiger partial charge >= 0.3 is 0 Å². The predicted octanol–water partition coefficient (Wildman–Crippen LogP) is 6.32. The summed E-state index contributed by atoms with van der Waals surface area (Å²) in [5, 5.41) is 5.64. The Kier molecular flexibility index (Phi) is 6.07. The van der Waals surface area contributed by atoms with Gasteiger partial charge in [-0.3, -0.25) is 9.52 Å². The van der Waals surface area contributed by atoms with Crippen molar-refractivity contribution in [2.45, 2.75) is 11.8 Å². The van der Waals surface area contributed by atoms with Gasteiger partial charge in [0, 0.05) is 16.8 Å². The monoisotopic (exact) mass is 499 g/mol. The van der Waals surface area contributed by atoms with Crippen LogP contribution in [-0.2, 0) is 10.0 Å². The van der Waals surface area contributed by atoms with Crippen LogP contribution in [0.1, 0.15) is 15.9 Å². The average Bonchev–Trinajstić information content (AvgIpc) is 3.40. The van der Waals surface area contributed by atoms with Crippen LogP contribution in [0.15, 0.2) is 101 Å². The van der Waals surface area contributed by atoms with Gasteiger partial charge in [-0.05, 0) is 66.9 Å². The number of aromatic nitrogens is 1. The molecule has 5 aromatic rings. The van der Waals surface area contributed by atoms with Gasteiger partial charge in [0.15, 0.2) is 0 Å². The van der Waals surface area contributed by atoms with Crippen molar-refractivity contribution in [1.82, 2.24) is 4.98 Å². The second-order valence-corrected chi connectivity index (χ2v) is 10.6. The molecule has 2 N–H and O–H groups in total. The molecule has 0 unspecified atom stereocenters. The highest BCUT2D eigenvalue weighted by molar-refractivity contribution is 7.92. The number of carbonyl (C=O) groups is 1. The zero-order valence-corrected chi connectivity index (χ0v) is 20.4. The van der Waals surface area contributed by atoms with Crippen LogP contribution in [0.3, 0.4) is 0 Å². The number of carbonyl (C=O) groups excluding carboxylic acids is 1. The molecule has 0 saturated heterocycles. The quantitative estimate of drug-likeness (QED) is 0.286. The van der Waals surface area contributed by atoms with Gasteiger partial charge in [0.25, 0.3) is 15.9 Å². The fraction of sp³-hybridized carbons (Fsp3) is 0.0370. The van der Waals surface area contributed by atoms with Crippen LogP contribution in [-0.4, -0.2) is 19.3 Å². The Morgan fingerprint density at radius 1 is 0.857 bits per heavy atom. The first kappa shape index (κ1) is 22.8. The summed E-state index contributed by atoms with van der Waals surface area (Å²) < 4.78 is 27.8. The molecule has 0 spiro atoms. The van der Waals surface area contributed by atoms with Gasteiger partial charge in [-0.2, -0.15) is 0 Å². The van der Waals surface area contributed by atoms with Crippen LogP contribution < -0.4 is 10.0 Å². The van der Waals surface area contributed by atoms with E-state index in [-0.39, 0.29) is 10.8 Å². The summed E-state index contributed by atoms with van der Waals surface area (Å²) in [6, 6.07) is 26.4. The van der Waals surface area contributed by atoms with E-state index in [0.29, 0.717) is 16.9 Å². The number of para-hydroxylation sites is 1. The largest absolute Gasteiger partial charge is 0.322 e. The van der Waals surface area contributed by atoms with E-state index in [9.17, 15) is 13.2 Å². The van der Waals surface area contributed by atoms with E-state index in [1.54, 1.807) is 65.9 Å². The predicted molar refractivity (Wildman–Crippen MR) is 141 cm³/mol. The van der Waals surface area contributed by atoms with Crippen molar-refractivity contribution < 1.29 is 13.2 Å². The Labute approximate surface area is 207 Å². The number of fused-ring (bicyclic) bond motifs is 1. The van der Waals surface area contributed by atoms with Crippen LogP contribution in [0.5, 0.6) is 0 Å². The summed E-state index contributed by atoms with van der Waals surface area (Å²) in [5.74, 6) is -0.269. The number of benzene rings is 3. The summed E-state index contributed by atoms with van der Waals surface area (Å²) in [6.45, 7) is 1.90. The molecule has 6 nitrogen and oxygen atoms in total. The molecule has 2 heterocycles. The molecule has 0 aliphatic rings. The minimum absolute atomic E-state index is 0.187. The van der Waals surface area contributed by atoms with Crippen molar-refractivity contribution in [1.29, 1.82) is 0 Å². The van der Waals surface area contributed by atoms with Crippen LogP contribution in [0.2, 0.25) is 0 Å². The molecule has 0 radical (unpaired) electrons. The summed E-state index contributed by atoms with van der Waals surface area (Å²) >= 11 is 1.56. The maximum atomic E-state index is 13.2. The number of sulfonamides is 1. The van der Waals surface area contributed by atoms with Crippen molar-refractivity contribution in [3.05, 3.63) is 108 Å². The molecule has 0 bridgehead atoms. The van der Waals surface area contributed by atoms with Crippen LogP contribution in [0.25, 0.3) is 21.5 Å². The number of pyridine rings is 1. The number of rotatable bonds is 6. The zero-order chi connectivity index (χ0) is 24.4. The van der Waals surface area contributed by atoms with E-state index in [1.807, 2.05) is 48.7 Å². The van der Waals surface area contributed by atoms with Gasteiger partial charge in [0.1, 0.15) is 0 Å². The van der Waals surface area contributed by atoms with Gasteiger partial charge in [0.05, 0.1) is 26.5 Å². The lowest BCUT2D eigenvalue weighted by molar-refractivity contribution is 0.102. The number of thiophene rings is 1. The normalized spacial score (nSPS) is 11.3. The smallest absolute Gasteiger partial charge is 0.261 e. The maximum absolute atomic E-state index is 13.2. The summed E-state index contributed by atoms with van der Waals surface area (Å²) in [4.78, 5) is 19.1. The third kappa shape index (κ3) is 4.94. The average molecular weight is 500 g/mol. The first-order chi connectivity index (χ1) is 16.9. The van der Waals surface area contributed by atoms with E-state index in [2.05, 4.69) is 10.0 Å². The van der Waals surface area contributed by atoms with Crippen molar-refractivity contribution in [2.24, 2.45) is 0 Å². The van der Waals surface area contributed by atoms with E-state index >= 15 is 0 Å². The Balaban J connectivity index is 1.37. The first-order valence-electron chi connectivity index (χ1n) is 10.8. The highest BCUT2D eigenvalue weighted by Gasteiger charge is 2.16. The molecular weight excluding hydrogens is 478 g/mol. The summed E-state index contributed by atoms with van der Waals surface area (Å²) in [7, 11) is -3.70. The fourth-order valence-corrected chi connectivity index (χ4v) is 5.41. The topological polar surface area (TPSA) is 88.2 Å². The number of hydrogen-bond acceptors (Lipinski definition) is 5. The Bertz CT molecular complexity index is 1610. The zero-order valence-electron chi connectivity index (χ0n) is 18.7. The molecular formula is C27H21N3O3S2. The number of amides is 1. The second kappa shape index (κ2) is 9.32. The Morgan fingerprint density at radius 2 is 1.57 bits per heavy atom. The number of anilines is 2. The van der Waals surface area contributed by atoms with E-state index in [0.717, 1.165) is 27.0 Å². The molecule has 3 aromatic carbocycles. The lowest BCUT2D eigenvalue weighted by atomic mass is 10.1. The number of aryl methyl sites for hydroxylation is 1. The van der Waals surface area contributed by atoms with Gasteiger partial charge < -0.3 is 5.32 Å². The van der Waals surface area contributed by atoms with E-state index in [1.165, 1.54) is 0 Å². The molecule has 0 aliphatic heterocycles. The summed E-state index contributed by atoms with van der Waals surface area (Å²) in [6.07, 6.45) is 0. The molecule has 5 rings (SSSR count). The molecule has 8 heteroatoms. The van der Waals surface area contributed by atoms with Gasteiger partial charge in [-0.25, -0.2) is 13.4 Å². The Hall–Kier alpha value is -4.01. The van der Waals surface area contributed by atoms with Gasteiger partial charge in [-0.1, -0.05) is 42.0 Å². The molecule has 35 heavy (non-hydrogen) atoms. The maximum Gasteiger partial charge on any atom is 0.261 e. The molecule has 0 saturated carbocycles. The number of hydrogen-bond donors (Lipinski definition) is 2. The van der Waals surface area contributed by atoms with Crippen LogP contribution in [0.4, 0.5) is 11.4 Å². The third-order valence-corrected chi connectivity index (χ3v) is 7.75. The minimum Gasteiger partial charge on any atom is -0.322 e. The molecule has 0 atom stereocenters. The van der Waals surface area contributed by atoms with Gasteiger partial charge in [0.2, 0.25) is 0 Å². The van der Waals surface area contributed by atoms with Crippen molar-refractivity contribution >= 4 is 49.5 Å². The lowest BCUT2D eigenvalue weighted by Crippen LogP contribution is -2.14. The third-order valence-electron chi connectivity index (χ3n) is 5.46.